The SMILES string of the molecule is C=C(C)C(=O)OCC[Si](O[Si](C)(C)C)(O[Si](C)(C)O[Si](C)(C)C)O[Si](C)(C)O[Si](C)(C)C. The smallest absolute Gasteiger partial charge is 0.462 e. The van der Waals surface area contributed by atoms with Crippen LogP contribution >= 0.6 is 0 Å². The molecule has 0 radical (unpaired) electrons. The van der Waals surface area contributed by atoms with Gasteiger partial charge in [-0.05, 0) is 92.0 Å². The van der Waals surface area contributed by atoms with Crippen LogP contribution in [0, 0.1) is 0 Å². The van der Waals surface area contributed by atoms with Crippen molar-refractivity contribution < 1.29 is 30.1 Å². The molecule has 0 bridgehead atoms. The van der Waals surface area contributed by atoms with Crippen LogP contribution in [0.25, 0.3) is 0 Å². The monoisotopic (exact) mass is 556 g/mol. The molecular formula is C19H48O7Si6. The zero-order chi connectivity index (χ0) is 25.8. The Balaban J connectivity index is 6.19. The van der Waals surface area contributed by atoms with Crippen LogP contribution < -0.4 is 0 Å². The van der Waals surface area contributed by atoms with Crippen LogP contribution in [0.5, 0.6) is 0 Å². The summed E-state index contributed by atoms with van der Waals surface area (Å²) in [6, 6.07) is 0.354. The lowest BCUT2D eigenvalue weighted by atomic mass is 10.4. The molecule has 0 fully saturated rings. The van der Waals surface area contributed by atoms with Gasteiger partial charge in [0.1, 0.15) is 0 Å². The topological polar surface area (TPSA) is 72.5 Å². The highest BCUT2D eigenvalue weighted by atomic mass is 28.5. The van der Waals surface area contributed by atoms with Crippen LogP contribution in [0.1, 0.15) is 6.92 Å². The van der Waals surface area contributed by atoms with Crippen molar-refractivity contribution in [2.45, 2.75) is 98.1 Å². The molecule has 0 saturated carbocycles. The van der Waals surface area contributed by atoms with Crippen LogP contribution in [-0.2, 0) is 30.1 Å². The summed E-state index contributed by atoms with van der Waals surface area (Å²) in [4.78, 5) is 12.0. The molecule has 0 aromatic heterocycles. The fraction of sp³-hybridized carbons (Fsp3) is 0.842. The van der Waals surface area contributed by atoms with Gasteiger partial charge in [0, 0.05) is 5.57 Å². The third kappa shape index (κ3) is 15.3. The number of hydrogen-bond donors (Lipinski definition) is 0. The van der Waals surface area contributed by atoms with Gasteiger partial charge in [0.25, 0.3) is 0 Å². The second-order valence-electron chi connectivity index (χ2n) is 12.0. The zero-order valence-corrected chi connectivity index (χ0v) is 29.0. The number of carbonyl (C=O) groups excluding carboxylic acids is 1. The molecule has 0 saturated heterocycles. The molecule has 0 unspecified atom stereocenters. The first-order valence-electron chi connectivity index (χ1n) is 11.2. The van der Waals surface area contributed by atoms with E-state index in [0.29, 0.717) is 11.6 Å². The average molecular weight is 557 g/mol. The molecule has 0 spiro atoms. The molecule has 0 amide bonds. The van der Waals surface area contributed by atoms with E-state index in [-0.39, 0.29) is 6.61 Å². The predicted molar refractivity (Wildman–Crippen MR) is 147 cm³/mol. The van der Waals surface area contributed by atoms with E-state index in [1.54, 1.807) is 6.92 Å². The zero-order valence-electron chi connectivity index (χ0n) is 23.0. The van der Waals surface area contributed by atoms with Crippen molar-refractivity contribution in [2.75, 3.05) is 6.61 Å². The maximum atomic E-state index is 12.0. The van der Waals surface area contributed by atoms with Crippen molar-refractivity contribution in [2.24, 2.45) is 0 Å². The third-order valence-corrected chi connectivity index (χ3v) is 23.1. The number of ether oxygens (including phenoxy) is 1. The lowest BCUT2D eigenvalue weighted by molar-refractivity contribution is -0.138. The number of hydrogen-bond acceptors (Lipinski definition) is 7. The van der Waals surface area contributed by atoms with Gasteiger partial charge in [-0.2, -0.15) is 0 Å². The summed E-state index contributed by atoms with van der Waals surface area (Å²) in [7, 11) is -14.4. The van der Waals surface area contributed by atoms with Gasteiger partial charge in [-0.25, -0.2) is 4.79 Å². The van der Waals surface area contributed by atoms with E-state index in [1.807, 2.05) is 26.2 Å². The molecule has 0 rings (SSSR count). The van der Waals surface area contributed by atoms with Gasteiger partial charge in [-0.3, -0.25) is 0 Å². The Hall–Kier alpha value is 0.311. The molecule has 0 heterocycles. The molecule has 0 aromatic rings. The average Bonchev–Trinajstić information content (AvgIpc) is 2.37. The van der Waals surface area contributed by atoms with Crippen molar-refractivity contribution in [3.63, 3.8) is 0 Å². The summed E-state index contributed by atoms with van der Waals surface area (Å²) in [5.41, 5.74) is 0.360. The van der Waals surface area contributed by atoms with Crippen LogP contribution in [0.3, 0.4) is 0 Å². The molecule has 0 aliphatic rings. The highest BCUT2D eigenvalue weighted by Crippen LogP contribution is 2.31. The van der Waals surface area contributed by atoms with Gasteiger partial charge < -0.3 is 25.3 Å². The minimum Gasteiger partial charge on any atom is -0.462 e. The fourth-order valence-corrected chi connectivity index (χ4v) is 29.1. The van der Waals surface area contributed by atoms with Crippen molar-refractivity contribution in [1.29, 1.82) is 0 Å². The summed E-state index contributed by atoms with van der Waals surface area (Å²) in [5.74, 6) is -0.425. The minimum absolute atomic E-state index is 0.136. The van der Waals surface area contributed by atoms with Crippen LogP contribution in [-0.4, -0.2) is 63.5 Å². The fourth-order valence-electron chi connectivity index (χ4n) is 3.34. The Morgan fingerprint density at radius 2 is 0.969 bits per heavy atom. The first kappa shape index (κ1) is 32.3. The van der Waals surface area contributed by atoms with E-state index in [0.717, 1.165) is 0 Å². The Morgan fingerprint density at radius 1 is 0.625 bits per heavy atom. The maximum Gasteiger partial charge on any atom is 0.476 e. The first-order valence-corrected chi connectivity index (χ1v) is 29.0. The molecule has 190 valence electrons. The number of esters is 1. The Bertz CT molecular complexity index is 618. The highest BCUT2D eigenvalue weighted by molar-refractivity contribution is 6.92. The first-order chi connectivity index (χ1) is 13.9. The summed E-state index contributed by atoms with van der Waals surface area (Å²) in [5, 5.41) is 0. The molecule has 0 N–H and O–H groups in total. The molecule has 0 atom stereocenters. The van der Waals surface area contributed by atoms with E-state index in [9.17, 15) is 4.79 Å². The number of rotatable bonds is 14. The van der Waals surface area contributed by atoms with Crippen molar-refractivity contribution in [1.82, 2.24) is 0 Å². The van der Waals surface area contributed by atoms with Gasteiger partial charge in [0.05, 0.1) is 12.7 Å². The summed E-state index contributed by atoms with van der Waals surface area (Å²) < 4.78 is 38.8. The van der Waals surface area contributed by atoms with Gasteiger partial charge in [0.2, 0.25) is 0 Å². The predicted octanol–water partition coefficient (Wildman–Crippen LogP) is 6.04. The molecule has 0 aliphatic heterocycles. The largest absolute Gasteiger partial charge is 0.476 e. The standard InChI is InChI=1S/C19H48O7Si6/c1-18(2)19(20)21-16-17-32(24-29(9,10)11,25-30(12,13)22-27(3,4)5)26-31(14,15)23-28(6,7)8/h1,16-17H2,2-15H3. The van der Waals surface area contributed by atoms with E-state index in [1.165, 1.54) is 0 Å². The van der Waals surface area contributed by atoms with Gasteiger partial charge in [-0.15, -0.1) is 0 Å². The summed E-state index contributed by atoms with van der Waals surface area (Å²) in [6.45, 7) is 32.8. The van der Waals surface area contributed by atoms with Crippen molar-refractivity contribution >= 4 is 56.8 Å². The van der Waals surface area contributed by atoms with E-state index in [4.69, 9.17) is 25.3 Å². The van der Waals surface area contributed by atoms with Gasteiger partial charge in [0.15, 0.2) is 25.0 Å². The molecule has 0 aromatic carbocycles. The summed E-state index contributed by atoms with van der Waals surface area (Å²) in [6.07, 6.45) is 0. The highest BCUT2D eigenvalue weighted by Gasteiger charge is 2.54. The number of carbonyl (C=O) groups is 1. The van der Waals surface area contributed by atoms with E-state index >= 15 is 0 Å². The molecule has 0 aliphatic carbocycles. The summed E-state index contributed by atoms with van der Waals surface area (Å²) >= 11 is 0. The van der Waals surface area contributed by atoms with Crippen molar-refractivity contribution in [3.05, 3.63) is 12.2 Å². The Labute approximate surface area is 203 Å². The molecular weight excluding hydrogens is 509 g/mol. The van der Waals surface area contributed by atoms with Crippen LogP contribution in [0.4, 0.5) is 0 Å². The van der Waals surface area contributed by atoms with Gasteiger partial charge in [-0.1, -0.05) is 6.58 Å². The van der Waals surface area contributed by atoms with Gasteiger partial charge >= 0.3 is 31.9 Å². The molecule has 7 nitrogen and oxygen atoms in total. The Kier molecular flexibility index (Phi) is 11.5. The second-order valence-corrected chi connectivity index (χ2v) is 36.2. The van der Waals surface area contributed by atoms with Crippen molar-refractivity contribution in [3.8, 4) is 0 Å². The third-order valence-electron chi connectivity index (χ3n) is 3.36. The lowest BCUT2D eigenvalue weighted by Crippen LogP contribution is -2.64. The lowest BCUT2D eigenvalue weighted by Gasteiger charge is -2.45. The molecule has 13 heteroatoms. The minimum atomic E-state index is -3.33. The second kappa shape index (κ2) is 11.4. The quantitative estimate of drug-likeness (QED) is 0.147. The maximum absolute atomic E-state index is 12.0. The van der Waals surface area contributed by atoms with E-state index < -0.39 is 56.8 Å². The van der Waals surface area contributed by atoms with Crippen LogP contribution in [0.15, 0.2) is 12.2 Å². The normalized spacial score (nSPS) is 14.4. The van der Waals surface area contributed by atoms with E-state index in [2.05, 4.69) is 65.5 Å². The Morgan fingerprint density at radius 3 is 1.25 bits per heavy atom. The molecule has 32 heavy (non-hydrogen) atoms. The van der Waals surface area contributed by atoms with Crippen LogP contribution in [0.2, 0.25) is 91.2 Å².